The van der Waals surface area contributed by atoms with Crippen molar-refractivity contribution in [2.75, 3.05) is 19.6 Å². The van der Waals surface area contributed by atoms with E-state index in [2.05, 4.69) is 25.7 Å². The van der Waals surface area contributed by atoms with Gasteiger partial charge in [-0.25, -0.2) is 0 Å². The molecule has 1 fully saturated rings. The molecule has 0 aromatic rings. The van der Waals surface area contributed by atoms with Gasteiger partial charge in [-0.15, -0.1) is 0 Å². The van der Waals surface area contributed by atoms with Gasteiger partial charge in [0, 0.05) is 0 Å². The maximum atomic E-state index is 4.73. The van der Waals surface area contributed by atoms with E-state index in [4.69, 9.17) is 6.58 Å². The topological polar surface area (TPSA) is 3.24 Å². The fourth-order valence-electron chi connectivity index (χ4n) is 4.01. The zero-order valence-electron chi connectivity index (χ0n) is 15.8. The molecule has 1 nitrogen and oxygen atoms in total. The summed E-state index contributed by atoms with van der Waals surface area (Å²) in [5.74, 6) is 0. The second kappa shape index (κ2) is 11.9. The normalized spacial score (nSPS) is 16.9. The fraction of sp³-hybridized carbons (Fsp3) is 0.900. The third kappa shape index (κ3) is 6.95. The van der Waals surface area contributed by atoms with E-state index in [1.54, 1.807) is 16.9 Å². The summed E-state index contributed by atoms with van der Waals surface area (Å²) in [6.07, 6.45) is 12.8. The van der Waals surface area contributed by atoms with Crippen molar-refractivity contribution in [3.8, 4) is 0 Å². The van der Waals surface area contributed by atoms with Gasteiger partial charge in [0.15, 0.2) is 0 Å². The second-order valence-electron chi connectivity index (χ2n) is 7.53. The van der Waals surface area contributed by atoms with Gasteiger partial charge in [-0.05, 0) is 0 Å². The van der Waals surface area contributed by atoms with Crippen molar-refractivity contribution >= 4 is 18.4 Å². The standard InChI is InChI=1S/C8H14N.3C4H9.Sn/c1-2-6-9-7-4-3-5-8-9;3*1-3-4-2;/h1,3-8H2;3*1,3-4H2,2H3;. The van der Waals surface area contributed by atoms with E-state index in [-0.39, 0.29) is 0 Å². The molecule has 0 amide bonds. The average Bonchev–Trinajstić information content (AvgIpc) is 2.55. The Morgan fingerprint density at radius 1 is 0.818 bits per heavy atom. The molecule has 0 unspecified atom stereocenters. The molecule has 0 saturated carbocycles. The summed E-state index contributed by atoms with van der Waals surface area (Å²) in [6, 6.07) is 0. The van der Waals surface area contributed by atoms with Crippen molar-refractivity contribution in [2.24, 2.45) is 0 Å². The van der Waals surface area contributed by atoms with Crippen LogP contribution in [0, 0.1) is 0 Å². The molecule has 0 spiro atoms. The maximum absolute atomic E-state index is 4.73. The predicted molar refractivity (Wildman–Crippen MR) is 104 cm³/mol. The molecule has 0 aromatic carbocycles. The molecule has 1 aliphatic heterocycles. The molecule has 0 aliphatic carbocycles. The van der Waals surface area contributed by atoms with E-state index in [0.717, 1.165) is 0 Å². The first-order chi connectivity index (χ1) is 10.7. The zero-order chi connectivity index (χ0) is 16.3. The minimum atomic E-state index is -2.16. The van der Waals surface area contributed by atoms with E-state index in [1.807, 2.05) is 0 Å². The molecule has 0 N–H and O–H groups in total. The summed E-state index contributed by atoms with van der Waals surface area (Å²) >= 11 is -2.16. The quantitative estimate of drug-likeness (QED) is 0.333. The van der Waals surface area contributed by atoms with Crippen molar-refractivity contribution in [3.63, 3.8) is 0 Å². The Morgan fingerprint density at radius 3 is 1.68 bits per heavy atom. The Balaban J connectivity index is 2.74. The summed E-state index contributed by atoms with van der Waals surface area (Å²) in [7, 11) is 0. The molecule has 0 bridgehead atoms. The monoisotopic (exact) mass is 415 g/mol. The minimum absolute atomic E-state index is 1.26. The summed E-state index contributed by atoms with van der Waals surface area (Å²) in [5, 5.41) is 0. The first-order valence-corrected chi connectivity index (χ1v) is 17.6. The Bertz CT molecular complexity index is 272. The Morgan fingerprint density at radius 2 is 1.27 bits per heavy atom. The molecular formula is C20H41NSn. The zero-order valence-corrected chi connectivity index (χ0v) is 18.6. The average molecular weight is 414 g/mol. The fourth-order valence-corrected chi connectivity index (χ4v) is 19.6. The van der Waals surface area contributed by atoms with Gasteiger partial charge in [-0.3, -0.25) is 0 Å². The summed E-state index contributed by atoms with van der Waals surface area (Å²) in [6.45, 7) is 15.7. The van der Waals surface area contributed by atoms with Gasteiger partial charge in [0.1, 0.15) is 0 Å². The van der Waals surface area contributed by atoms with Crippen LogP contribution < -0.4 is 0 Å². The van der Waals surface area contributed by atoms with Gasteiger partial charge in [0.05, 0.1) is 0 Å². The van der Waals surface area contributed by atoms with Crippen LogP contribution in [-0.2, 0) is 0 Å². The number of nitrogens with zero attached hydrogens (tertiary/aromatic N) is 1. The number of unbranched alkanes of at least 4 members (excludes halogenated alkanes) is 3. The number of rotatable bonds is 12. The van der Waals surface area contributed by atoms with Crippen LogP contribution in [0.1, 0.15) is 78.6 Å². The number of piperidine rings is 1. The first-order valence-electron chi connectivity index (χ1n) is 10.1. The van der Waals surface area contributed by atoms with Crippen molar-refractivity contribution in [1.29, 1.82) is 0 Å². The molecule has 22 heavy (non-hydrogen) atoms. The van der Waals surface area contributed by atoms with Gasteiger partial charge in [-0.2, -0.15) is 0 Å². The number of hydrogen-bond acceptors (Lipinski definition) is 1. The Kier molecular flexibility index (Phi) is 11.2. The van der Waals surface area contributed by atoms with Gasteiger partial charge < -0.3 is 0 Å². The SMILES string of the molecule is C=[C](CN1CCCCC1)[Sn]([CH2]CCC)([CH2]CCC)[CH2]CCC. The molecule has 0 radical (unpaired) electrons. The predicted octanol–water partition coefficient (Wildman–Crippen LogP) is 6.42. The molecule has 1 rings (SSSR count). The van der Waals surface area contributed by atoms with E-state index >= 15 is 0 Å². The van der Waals surface area contributed by atoms with E-state index < -0.39 is 18.4 Å². The van der Waals surface area contributed by atoms with Crippen LogP contribution in [0.4, 0.5) is 0 Å². The van der Waals surface area contributed by atoms with Crippen LogP contribution in [0.15, 0.2) is 10.2 Å². The Labute approximate surface area is 144 Å². The van der Waals surface area contributed by atoms with Crippen LogP contribution in [0.25, 0.3) is 0 Å². The number of hydrogen-bond donors (Lipinski definition) is 0. The summed E-state index contributed by atoms with van der Waals surface area (Å²) in [5.41, 5.74) is 0. The van der Waals surface area contributed by atoms with Gasteiger partial charge in [0.2, 0.25) is 0 Å². The van der Waals surface area contributed by atoms with E-state index in [9.17, 15) is 0 Å². The molecule has 130 valence electrons. The van der Waals surface area contributed by atoms with Crippen molar-refractivity contribution < 1.29 is 0 Å². The van der Waals surface area contributed by atoms with Gasteiger partial charge in [0.25, 0.3) is 0 Å². The molecule has 1 aliphatic rings. The van der Waals surface area contributed by atoms with Gasteiger partial charge in [-0.1, -0.05) is 0 Å². The van der Waals surface area contributed by atoms with Crippen LogP contribution in [0.5, 0.6) is 0 Å². The van der Waals surface area contributed by atoms with Crippen molar-refractivity contribution in [1.82, 2.24) is 4.90 Å². The summed E-state index contributed by atoms with van der Waals surface area (Å²) < 4.78 is 6.51. The molecule has 2 heteroatoms. The van der Waals surface area contributed by atoms with E-state index in [0.29, 0.717) is 0 Å². The molecule has 0 atom stereocenters. The molecule has 0 aromatic heterocycles. The van der Waals surface area contributed by atoms with Gasteiger partial charge >= 0.3 is 145 Å². The number of likely N-dealkylation sites (tertiary alicyclic amines) is 1. The third-order valence-corrected chi connectivity index (χ3v) is 21.6. The van der Waals surface area contributed by atoms with Crippen LogP contribution in [0.3, 0.4) is 0 Å². The molecule has 1 saturated heterocycles. The first kappa shape index (κ1) is 20.5. The van der Waals surface area contributed by atoms with Crippen molar-refractivity contribution in [2.45, 2.75) is 91.9 Å². The molecule has 1 heterocycles. The second-order valence-corrected chi connectivity index (χ2v) is 21.1. The van der Waals surface area contributed by atoms with Crippen LogP contribution in [0.2, 0.25) is 13.3 Å². The van der Waals surface area contributed by atoms with Crippen molar-refractivity contribution in [3.05, 3.63) is 10.2 Å². The third-order valence-electron chi connectivity index (χ3n) is 5.64. The van der Waals surface area contributed by atoms with E-state index in [1.165, 1.54) is 77.4 Å². The summed E-state index contributed by atoms with van der Waals surface area (Å²) in [4.78, 5) is 2.72. The molecular weight excluding hydrogens is 373 g/mol. The van der Waals surface area contributed by atoms with Crippen LogP contribution in [-0.4, -0.2) is 42.9 Å². The van der Waals surface area contributed by atoms with Crippen LogP contribution >= 0.6 is 0 Å². The Hall–Kier alpha value is 0.499.